The van der Waals surface area contributed by atoms with Crippen LogP contribution < -0.4 is 11.1 Å². The topological polar surface area (TPSA) is 108 Å². The molecule has 4 aromatic rings. The van der Waals surface area contributed by atoms with Gasteiger partial charge in [0.1, 0.15) is 12.1 Å². The molecule has 0 saturated carbocycles. The minimum atomic E-state index is -0.650. The maximum atomic E-state index is 12.3. The fraction of sp³-hybridized carbons (Fsp3) is 0.395. The highest BCUT2D eigenvalue weighted by Crippen LogP contribution is 2.18. The van der Waals surface area contributed by atoms with Crippen LogP contribution in [-0.4, -0.2) is 44.1 Å². The van der Waals surface area contributed by atoms with Crippen LogP contribution in [0.15, 0.2) is 84.9 Å². The first-order chi connectivity index (χ1) is 21.8. The van der Waals surface area contributed by atoms with E-state index in [1.54, 1.807) is 0 Å². The van der Waals surface area contributed by atoms with E-state index in [-0.39, 0.29) is 11.9 Å². The molecule has 240 valence electrons. The van der Waals surface area contributed by atoms with Crippen molar-refractivity contribution < 1.29 is 23.9 Å². The highest BCUT2D eigenvalue weighted by molar-refractivity contribution is 5.86. The summed E-state index contributed by atoms with van der Waals surface area (Å²) in [6.45, 7) is 2.21. The Balaban J connectivity index is 0.000000276. The first-order valence-electron chi connectivity index (χ1n) is 16.0. The van der Waals surface area contributed by atoms with E-state index in [4.69, 9.17) is 10.5 Å². The van der Waals surface area contributed by atoms with Gasteiger partial charge < -0.3 is 20.5 Å². The molecule has 1 amide bonds. The summed E-state index contributed by atoms with van der Waals surface area (Å²) in [4.78, 5) is 35.7. The third-order valence-corrected chi connectivity index (χ3v) is 7.86. The number of amides is 1. The summed E-state index contributed by atoms with van der Waals surface area (Å²) >= 11 is 0. The number of carbonyl (C=O) groups excluding carboxylic acids is 3. The number of unbranched alkanes of at least 4 members (excludes halogenated alkanes) is 6. The molecule has 7 nitrogen and oxygen atoms in total. The Morgan fingerprint density at radius 2 is 1.13 bits per heavy atom. The lowest BCUT2D eigenvalue weighted by Crippen LogP contribution is -2.43. The number of benzene rings is 4. The Labute approximate surface area is 267 Å². The van der Waals surface area contributed by atoms with E-state index in [0.29, 0.717) is 19.3 Å². The zero-order valence-electron chi connectivity index (χ0n) is 26.9. The number of rotatable bonds is 15. The molecular weight excluding hydrogens is 564 g/mol. The Bertz CT molecular complexity index is 1520. The summed E-state index contributed by atoms with van der Waals surface area (Å²) in [7, 11) is 2.71. The number of hydrogen-bond donors (Lipinski definition) is 2. The van der Waals surface area contributed by atoms with Crippen LogP contribution in [-0.2, 0) is 36.7 Å². The molecule has 2 atom stereocenters. The van der Waals surface area contributed by atoms with Crippen LogP contribution in [0.5, 0.6) is 0 Å². The van der Waals surface area contributed by atoms with E-state index < -0.39 is 18.1 Å². The van der Waals surface area contributed by atoms with Gasteiger partial charge in [0, 0.05) is 12.8 Å². The van der Waals surface area contributed by atoms with E-state index in [9.17, 15) is 14.4 Å². The molecule has 0 saturated heterocycles. The summed E-state index contributed by atoms with van der Waals surface area (Å²) in [5, 5.41) is 7.48. The number of fused-ring (bicyclic) bond motifs is 2. The molecule has 0 radical (unpaired) electrons. The summed E-state index contributed by atoms with van der Waals surface area (Å²) in [5.41, 5.74) is 7.78. The van der Waals surface area contributed by atoms with Crippen LogP contribution in [0, 0.1) is 0 Å². The Hall–Kier alpha value is -4.23. The predicted molar refractivity (Wildman–Crippen MR) is 182 cm³/mol. The zero-order valence-corrected chi connectivity index (χ0v) is 26.9. The van der Waals surface area contributed by atoms with Crippen molar-refractivity contribution in [2.45, 2.75) is 83.2 Å². The van der Waals surface area contributed by atoms with Crippen molar-refractivity contribution in [3.8, 4) is 0 Å². The van der Waals surface area contributed by atoms with Crippen LogP contribution in [0.4, 0.5) is 0 Å². The van der Waals surface area contributed by atoms with Gasteiger partial charge in [0.2, 0.25) is 5.91 Å². The van der Waals surface area contributed by atoms with Crippen LogP contribution in [0.2, 0.25) is 0 Å². The van der Waals surface area contributed by atoms with Crippen molar-refractivity contribution in [3.63, 3.8) is 0 Å². The molecule has 45 heavy (non-hydrogen) atoms. The van der Waals surface area contributed by atoms with Crippen LogP contribution in [0.1, 0.15) is 69.4 Å². The van der Waals surface area contributed by atoms with Gasteiger partial charge in [0.25, 0.3) is 0 Å². The van der Waals surface area contributed by atoms with Gasteiger partial charge in [-0.3, -0.25) is 9.59 Å². The molecule has 7 heteroatoms. The molecule has 4 rings (SSSR count). The van der Waals surface area contributed by atoms with Crippen molar-refractivity contribution >= 4 is 39.4 Å². The molecule has 0 aliphatic rings. The SMILES string of the molecule is CCCCCCCCCC(=O)NC(Cc1ccc2ccccc2c1)C(=O)OC.COC(=O)C(N)Cc1ccc2ccccc2c1. The predicted octanol–water partition coefficient (Wildman–Crippen LogP) is 7.06. The molecule has 0 aromatic heterocycles. The smallest absolute Gasteiger partial charge is 0.328 e. The number of esters is 2. The lowest BCUT2D eigenvalue weighted by Gasteiger charge is -2.17. The summed E-state index contributed by atoms with van der Waals surface area (Å²) in [5.74, 6) is -0.857. The van der Waals surface area contributed by atoms with Gasteiger partial charge in [-0.25, -0.2) is 4.79 Å². The van der Waals surface area contributed by atoms with Gasteiger partial charge in [0.05, 0.1) is 14.2 Å². The first kappa shape index (κ1) is 35.3. The van der Waals surface area contributed by atoms with Gasteiger partial charge in [-0.1, -0.05) is 130 Å². The number of nitrogens with two attached hydrogens (primary N) is 1. The van der Waals surface area contributed by atoms with Gasteiger partial charge >= 0.3 is 11.9 Å². The lowest BCUT2D eigenvalue weighted by molar-refractivity contribution is -0.145. The Morgan fingerprint density at radius 3 is 1.67 bits per heavy atom. The maximum absolute atomic E-state index is 12.3. The zero-order chi connectivity index (χ0) is 32.4. The number of nitrogens with one attached hydrogen (secondary N) is 1. The molecule has 0 aliphatic carbocycles. The Morgan fingerprint density at radius 1 is 0.644 bits per heavy atom. The maximum Gasteiger partial charge on any atom is 0.328 e. The van der Waals surface area contributed by atoms with Crippen LogP contribution in [0.3, 0.4) is 0 Å². The van der Waals surface area contributed by atoms with E-state index in [1.807, 2.05) is 60.7 Å². The van der Waals surface area contributed by atoms with Crippen LogP contribution in [0.25, 0.3) is 21.5 Å². The molecule has 3 N–H and O–H groups in total. The molecule has 0 spiro atoms. The third-order valence-electron chi connectivity index (χ3n) is 7.86. The highest BCUT2D eigenvalue weighted by Gasteiger charge is 2.22. The van der Waals surface area contributed by atoms with Gasteiger partial charge in [-0.05, 0) is 45.5 Å². The number of hydrogen-bond acceptors (Lipinski definition) is 6. The number of methoxy groups -OCH3 is 2. The van der Waals surface area contributed by atoms with Crippen molar-refractivity contribution in [2.24, 2.45) is 5.73 Å². The van der Waals surface area contributed by atoms with E-state index >= 15 is 0 Å². The highest BCUT2D eigenvalue weighted by atomic mass is 16.5. The van der Waals surface area contributed by atoms with Gasteiger partial charge in [0.15, 0.2) is 0 Å². The van der Waals surface area contributed by atoms with Crippen molar-refractivity contribution in [1.29, 1.82) is 0 Å². The monoisotopic (exact) mass is 612 g/mol. The first-order valence-corrected chi connectivity index (χ1v) is 16.0. The molecule has 4 aromatic carbocycles. The van der Waals surface area contributed by atoms with Gasteiger partial charge in [-0.2, -0.15) is 0 Å². The van der Waals surface area contributed by atoms with E-state index in [2.05, 4.69) is 41.2 Å². The molecule has 0 bridgehead atoms. The third kappa shape index (κ3) is 12.0. The number of carbonyl (C=O) groups is 3. The minimum Gasteiger partial charge on any atom is -0.468 e. The molecule has 2 unspecified atom stereocenters. The fourth-order valence-corrected chi connectivity index (χ4v) is 5.30. The standard InChI is InChI=1S/C24H33NO3.C14H15NO2/c1-3-4-5-6-7-8-9-14-23(26)25-22(24(27)28-2)18-19-15-16-20-12-10-11-13-21(20)17-19;1-17-14(16)13(15)9-10-6-7-11-4-2-3-5-12(11)8-10/h10-13,15-17,22H,3-9,14,18H2,1-2H3,(H,25,26);2-8,13H,9,15H2,1H3. The van der Waals surface area contributed by atoms with Crippen LogP contribution >= 0.6 is 0 Å². The Kier molecular flexibility index (Phi) is 15.1. The average molecular weight is 613 g/mol. The quantitative estimate of drug-likeness (QED) is 0.110. The fourth-order valence-electron chi connectivity index (χ4n) is 5.30. The largest absolute Gasteiger partial charge is 0.468 e. The number of ether oxygens (including phenoxy) is 2. The van der Waals surface area contributed by atoms with Crippen molar-refractivity contribution in [3.05, 3.63) is 96.1 Å². The van der Waals surface area contributed by atoms with Crippen molar-refractivity contribution in [1.82, 2.24) is 5.32 Å². The second kappa shape index (κ2) is 19.2. The molecule has 0 aliphatic heterocycles. The average Bonchev–Trinajstić information content (AvgIpc) is 3.07. The second-order valence-corrected chi connectivity index (χ2v) is 11.4. The van der Waals surface area contributed by atoms with Gasteiger partial charge in [-0.15, -0.1) is 0 Å². The normalized spacial score (nSPS) is 12.1. The minimum absolute atomic E-state index is 0.0789. The molecule has 0 fully saturated rings. The summed E-state index contributed by atoms with van der Waals surface area (Å²) in [6.07, 6.45) is 9.53. The van der Waals surface area contributed by atoms with E-state index in [1.165, 1.54) is 51.7 Å². The molecular formula is C38H48N2O5. The second-order valence-electron chi connectivity index (χ2n) is 11.4. The molecule has 0 heterocycles. The van der Waals surface area contributed by atoms with Crippen molar-refractivity contribution in [2.75, 3.05) is 14.2 Å². The summed E-state index contributed by atoms with van der Waals surface area (Å²) in [6, 6.07) is 27.1. The van der Waals surface area contributed by atoms with E-state index in [0.717, 1.165) is 40.1 Å². The summed E-state index contributed by atoms with van der Waals surface area (Å²) < 4.78 is 9.51. The lowest BCUT2D eigenvalue weighted by atomic mass is 10.0.